The van der Waals surface area contributed by atoms with Gasteiger partial charge >= 0.3 is 0 Å². The fraction of sp³-hybridized carbons (Fsp3) is 0.733. The van der Waals surface area contributed by atoms with Gasteiger partial charge in [0.1, 0.15) is 17.5 Å². The normalized spacial score (nSPS) is 17.8. The van der Waals surface area contributed by atoms with E-state index in [9.17, 15) is 0 Å². The number of nitrogens with one attached hydrogen (secondary N) is 1. The molecule has 0 aromatic carbocycles. The lowest BCUT2D eigenvalue weighted by molar-refractivity contribution is 0.418. The van der Waals surface area contributed by atoms with Crippen molar-refractivity contribution < 1.29 is 0 Å². The number of aromatic nitrogens is 2. The van der Waals surface area contributed by atoms with Gasteiger partial charge in [0.2, 0.25) is 0 Å². The van der Waals surface area contributed by atoms with E-state index in [2.05, 4.69) is 49.8 Å². The molecule has 1 fully saturated rings. The molecule has 4 nitrogen and oxygen atoms in total. The molecule has 1 aliphatic heterocycles. The van der Waals surface area contributed by atoms with E-state index >= 15 is 0 Å². The van der Waals surface area contributed by atoms with E-state index in [0.29, 0.717) is 5.41 Å². The van der Waals surface area contributed by atoms with Crippen molar-refractivity contribution in [3.05, 3.63) is 11.4 Å². The van der Waals surface area contributed by atoms with E-state index in [1.54, 1.807) is 0 Å². The largest absolute Gasteiger partial charge is 0.370 e. The second-order valence-electron chi connectivity index (χ2n) is 6.16. The molecule has 0 spiro atoms. The quantitative estimate of drug-likeness (QED) is 0.905. The van der Waals surface area contributed by atoms with Crippen LogP contribution in [0.15, 0.2) is 0 Å². The van der Waals surface area contributed by atoms with Crippen molar-refractivity contribution in [2.24, 2.45) is 5.41 Å². The summed E-state index contributed by atoms with van der Waals surface area (Å²) in [7, 11) is 0. The van der Waals surface area contributed by atoms with Gasteiger partial charge in [0.25, 0.3) is 0 Å². The zero-order valence-electron chi connectivity index (χ0n) is 12.9. The molecule has 1 aromatic rings. The second kappa shape index (κ2) is 5.35. The van der Waals surface area contributed by atoms with Crippen LogP contribution >= 0.6 is 0 Å². The van der Waals surface area contributed by atoms with Crippen LogP contribution in [-0.4, -0.2) is 29.6 Å². The van der Waals surface area contributed by atoms with Gasteiger partial charge in [-0.05, 0) is 25.7 Å². The summed E-state index contributed by atoms with van der Waals surface area (Å²) in [6.45, 7) is 14.1. The molecule has 0 bridgehead atoms. The van der Waals surface area contributed by atoms with E-state index in [1.807, 2.05) is 0 Å². The summed E-state index contributed by atoms with van der Waals surface area (Å²) in [5.74, 6) is 3.05. The maximum absolute atomic E-state index is 4.76. The van der Waals surface area contributed by atoms with Gasteiger partial charge in [-0.25, -0.2) is 9.97 Å². The Balaban J connectivity index is 2.36. The summed E-state index contributed by atoms with van der Waals surface area (Å²) in [6, 6.07) is 0. The molecule has 1 aromatic heterocycles. The number of rotatable bonds is 4. The monoisotopic (exact) mass is 262 g/mol. The molecule has 0 aliphatic carbocycles. The van der Waals surface area contributed by atoms with Gasteiger partial charge < -0.3 is 10.2 Å². The highest BCUT2D eigenvalue weighted by atomic mass is 15.2. The van der Waals surface area contributed by atoms with E-state index in [1.165, 1.54) is 12.0 Å². The second-order valence-corrected chi connectivity index (χ2v) is 6.16. The Morgan fingerprint density at radius 2 is 2.00 bits per heavy atom. The maximum Gasteiger partial charge on any atom is 0.137 e. The number of anilines is 2. The van der Waals surface area contributed by atoms with E-state index in [4.69, 9.17) is 4.98 Å². The van der Waals surface area contributed by atoms with Crippen molar-refractivity contribution in [3.8, 4) is 0 Å². The van der Waals surface area contributed by atoms with Gasteiger partial charge in [-0.1, -0.05) is 20.8 Å². The van der Waals surface area contributed by atoms with Gasteiger partial charge in [0.05, 0.1) is 0 Å². The zero-order chi connectivity index (χ0) is 14.0. The predicted octanol–water partition coefficient (Wildman–Crippen LogP) is 3.02. The minimum absolute atomic E-state index is 0.391. The summed E-state index contributed by atoms with van der Waals surface area (Å²) in [5.41, 5.74) is 1.57. The van der Waals surface area contributed by atoms with Crippen LogP contribution in [-0.2, 0) is 6.42 Å². The molecule has 1 saturated heterocycles. The van der Waals surface area contributed by atoms with Crippen LogP contribution in [0.1, 0.15) is 45.5 Å². The van der Waals surface area contributed by atoms with Gasteiger partial charge in [-0.3, -0.25) is 0 Å². The number of hydrogen-bond acceptors (Lipinski definition) is 4. The van der Waals surface area contributed by atoms with E-state index in [-0.39, 0.29) is 0 Å². The lowest BCUT2D eigenvalue weighted by Gasteiger charge is -2.23. The Labute approximate surface area is 116 Å². The predicted molar refractivity (Wildman–Crippen MR) is 80.9 cm³/mol. The summed E-state index contributed by atoms with van der Waals surface area (Å²) < 4.78 is 0. The molecule has 0 atom stereocenters. The number of aryl methyl sites for hydroxylation is 1. The molecule has 0 amide bonds. The first-order valence-electron chi connectivity index (χ1n) is 7.33. The Morgan fingerprint density at radius 1 is 1.26 bits per heavy atom. The lowest BCUT2D eigenvalue weighted by Crippen LogP contribution is -2.25. The molecule has 0 radical (unpaired) electrons. The Morgan fingerprint density at radius 3 is 2.53 bits per heavy atom. The van der Waals surface area contributed by atoms with Crippen LogP contribution in [0, 0.1) is 12.3 Å². The van der Waals surface area contributed by atoms with Gasteiger partial charge in [-0.15, -0.1) is 0 Å². The summed E-state index contributed by atoms with van der Waals surface area (Å²) in [5, 5.41) is 3.36. The van der Waals surface area contributed by atoms with Crippen molar-refractivity contribution in [2.45, 2.75) is 47.5 Å². The van der Waals surface area contributed by atoms with Gasteiger partial charge in [0.15, 0.2) is 0 Å². The smallest absolute Gasteiger partial charge is 0.137 e. The standard InChI is InChI=1S/C15H26N4/c1-6-12-17-13(16-7-2)11(3)14(18-12)19-9-8-15(4,5)10-19/h6-10H2,1-5H3,(H,16,17,18). The molecule has 0 unspecified atom stereocenters. The first-order chi connectivity index (χ1) is 8.96. The van der Waals surface area contributed by atoms with Crippen molar-refractivity contribution in [2.75, 3.05) is 29.9 Å². The topological polar surface area (TPSA) is 41.1 Å². The van der Waals surface area contributed by atoms with Crippen LogP contribution in [0.2, 0.25) is 0 Å². The van der Waals surface area contributed by atoms with Crippen LogP contribution in [0.5, 0.6) is 0 Å². The summed E-state index contributed by atoms with van der Waals surface area (Å²) in [4.78, 5) is 11.8. The molecule has 1 N–H and O–H groups in total. The van der Waals surface area contributed by atoms with Crippen molar-refractivity contribution in [1.29, 1.82) is 0 Å². The highest BCUT2D eigenvalue weighted by molar-refractivity contribution is 5.59. The third-order valence-electron chi connectivity index (χ3n) is 3.80. The fourth-order valence-electron chi connectivity index (χ4n) is 2.65. The van der Waals surface area contributed by atoms with E-state index in [0.717, 1.165) is 43.5 Å². The molecule has 106 valence electrons. The van der Waals surface area contributed by atoms with Crippen LogP contribution in [0.25, 0.3) is 0 Å². The molecule has 0 saturated carbocycles. The Hall–Kier alpha value is -1.32. The zero-order valence-corrected chi connectivity index (χ0v) is 12.9. The van der Waals surface area contributed by atoms with Crippen LogP contribution in [0.3, 0.4) is 0 Å². The molecular weight excluding hydrogens is 236 g/mol. The summed E-state index contributed by atoms with van der Waals surface area (Å²) >= 11 is 0. The van der Waals surface area contributed by atoms with E-state index < -0.39 is 0 Å². The van der Waals surface area contributed by atoms with Crippen molar-refractivity contribution in [1.82, 2.24) is 9.97 Å². The highest BCUT2D eigenvalue weighted by Gasteiger charge is 2.31. The minimum atomic E-state index is 0.391. The van der Waals surface area contributed by atoms with Gasteiger partial charge in [0, 0.05) is 31.6 Å². The average Bonchev–Trinajstić information content (AvgIpc) is 2.72. The molecule has 4 heteroatoms. The Bertz CT molecular complexity index is 454. The summed E-state index contributed by atoms with van der Waals surface area (Å²) in [6.07, 6.45) is 2.11. The first-order valence-corrected chi connectivity index (χ1v) is 7.33. The molecule has 19 heavy (non-hydrogen) atoms. The first kappa shape index (κ1) is 14.1. The molecule has 2 rings (SSSR count). The molecule has 2 heterocycles. The Kier molecular flexibility index (Phi) is 3.97. The van der Waals surface area contributed by atoms with Crippen LogP contribution < -0.4 is 10.2 Å². The SMILES string of the molecule is CCNc1nc(CC)nc(N2CCC(C)(C)C2)c1C. The molecular formula is C15H26N4. The van der Waals surface area contributed by atoms with Crippen molar-refractivity contribution in [3.63, 3.8) is 0 Å². The van der Waals surface area contributed by atoms with Gasteiger partial charge in [-0.2, -0.15) is 0 Å². The average molecular weight is 262 g/mol. The van der Waals surface area contributed by atoms with Crippen molar-refractivity contribution >= 4 is 11.6 Å². The molecule has 1 aliphatic rings. The lowest BCUT2D eigenvalue weighted by atomic mass is 9.93. The third-order valence-corrected chi connectivity index (χ3v) is 3.80. The maximum atomic E-state index is 4.76. The number of hydrogen-bond donors (Lipinski definition) is 1. The van der Waals surface area contributed by atoms with Crippen LogP contribution in [0.4, 0.5) is 11.6 Å². The fourth-order valence-corrected chi connectivity index (χ4v) is 2.65. The third kappa shape index (κ3) is 2.99. The number of nitrogens with zero attached hydrogens (tertiary/aromatic N) is 3. The highest BCUT2D eigenvalue weighted by Crippen LogP contribution is 2.34. The minimum Gasteiger partial charge on any atom is -0.370 e.